The summed E-state index contributed by atoms with van der Waals surface area (Å²) in [6, 6.07) is 0.254. The molecule has 0 spiro atoms. The lowest BCUT2D eigenvalue weighted by Gasteiger charge is -2.26. The molecule has 0 radical (unpaired) electrons. The highest BCUT2D eigenvalue weighted by Crippen LogP contribution is 2.21. The van der Waals surface area contributed by atoms with Crippen LogP contribution in [0.2, 0.25) is 0 Å². The molecule has 1 heterocycles. The number of H-pyrrole nitrogens is 1. The molecule has 5 nitrogen and oxygen atoms in total. The monoisotopic (exact) mass is 236 g/mol. The SMILES string of the molecule is Cc1[nH]c(C(=O)O)c(C)c1C(=O)NC1CCC1. The van der Waals surface area contributed by atoms with E-state index in [0.29, 0.717) is 16.8 Å². The molecular weight excluding hydrogens is 220 g/mol. The van der Waals surface area contributed by atoms with Crippen LogP contribution in [0.25, 0.3) is 0 Å². The van der Waals surface area contributed by atoms with Crippen LogP contribution in [-0.2, 0) is 0 Å². The fourth-order valence-corrected chi connectivity index (χ4v) is 2.11. The predicted octanol–water partition coefficient (Wildman–Crippen LogP) is 1.61. The first kappa shape index (κ1) is 11.7. The lowest BCUT2D eigenvalue weighted by atomic mass is 9.93. The summed E-state index contributed by atoms with van der Waals surface area (Å²) in [7, 11) is 0. The first-order valence-corrected chi connectivity index (χ1v) is 5.74. The van der Waals surface area contributed by atoms with E-state index in [1.807, 2.05) is 0 Å². The molecule has 5 heteroatoms. The van der Waals surface area contributed by atoms with Crippen molar-refractivity contribution in [3.8, 4) is 0 Å². The topological polar surface area (TPSA) is 82.2 Å². The average Bonchev–Trinajstić information content (AvgIpc) is 2.48. The van der Waals surface area contributed by atoms with Gasteiger partial charge >= 0.3 is 5.97 Å². The summed E-state index contributed by atoms with van der Waals surface area (Å²) in [6.07, 6.45) is 3.18. The second kappa shape index (κ2) is 4.24. The number of carboxylic acids is 1. The van der Waals surface area contributed by atoms with E-state index in [2.05, 4.69) is 10.3 Å². The molecule has 1 aliphatic carbocycles. The van der Waals surface area contributed by atoms with E-state index in [4.69, 9.17) is 5.11 Å². The first-order chi connectivity index (χ1) is 8.00. The molecule has 1 aliphatic rings. The number of carboxylic acid groups (broad SMARTS) is 1. The van der Waals surface area contributed by atoms with Crippen molar-refractivity contribution in [1.82, 2.24) is 10.3 Å². The number of hydrogen-bond acceptors (Lipinski definition) is 2. The Labute approximate surface area is 99.2 Å². The fourth-order valence-electron chi connectivity index (χ4n) is 2.11. The number of aryl methyl sites for hydroxylation is 1. The fraction of sp³-hybridized carbons (Fsp3) is 0.500. The summed E-state index contributed by atoms with van der Waals surface area (Å²) in [5.74, 6) is -1.21. The molecule has 1 aromatic rings. The molecule has 1 aromatic heterocycles. The molecule has 1 fully saturated rings. The van der Waals surface area contributed by atoms with Crippen molar-refractivity contribution in [3.63, 3.8) is 0 Å². The molecule has 0 saturated heterocycles. The lowest BCUT2D eigenvalue weighted by molar-refractivity contribution is 0.0690. The first-order valence-electron chi connectivity index (χ1n) is 5.74. The standard InChI is InChI=1S/C12H16N2O3/c1-6-9(7(2)13-10(6)12(16)17)11(15)14-8-4-3-5-8/h8,13H,3-5H2,1-2H3,(H,14,15)(H,16,17). The van der Waals surface area contributed by atoms with Gasteiger partial charge in [-0.15, -0.1) is 0 Å². The van der Waals surface area contributed by atoms with Gasteiger partial charge in [-0.05, 0) is 38.7 Å². The van der Waals surface area contributed by atoms with Gasteiger partial charge in [0.05, 0.1) is 5.56 Å². The molecular formula is C12H16N2O3. The molecule has 0 atom stereocenters. The number of aromatic amines is 1. The van der Waals surface area contributed by atoms with Crippen molar-refractivity contribution in [3.05, 3.63) is 22.5 Å². The summed E-state index contributed by atoms with van der Waals surface area (Å²) in [6.45, 7) is 3.37. The van der Waals surface area contributed by atoms with E-state index < -0.39 is 5.97 Å². The van der Waals surface area contributed by atoms with E-state index in [1.54, 1.807) is 13.8 Å². The Balaban J connectivity index is 2.24. The molecule has 0 aromatic carbocycles. The van der Waals surface area contributed by atoms with E-state index in [-0.39, 0.29) is 17.6 Å². The number of carbonyl (C=O) groups is 2. The number of aromatic carboxylic acids is 1. The van der Waals surface area contributed by atoms with Crippen LogP contribution in [0.5, 0.6) is 0 Å². The smallest absolute Gasteiger partial charge is 0.352 e. The third-order valence-electron chi connectivity index (χ3n) is 3.32. The number of carbonyl (C=O) groups excluding carboxylic acids is 1. The Hall–Kier alpha value is -1.78. The Morgan fingerprint density at radius 2 is 2.00 bits per heavy atom. The Kier molecular flexibility index (Phi) is 2.92. The van der Waals surface area contributed by atoms with Crippen molar-refractivity contribution in [2.75, 3.05) is 0 Å². The highest BCUT2D eigenvalue weighted by atomic mass is 16.4. The summed E-state index contributed by atoms with van der Waals surface area (Å²) >= 11 is 0. The largest absolute Gasteiger partial charge is 0.477 e. The third-order valence-corrected chi connectivity index (χ3v) is 3.32. The molecule has 0 bridgehead atoms. The number of nitrogens with one attached hydrogen (secondary N) is 2. The van der Waals surface area contributed by atoms with Gasteiger partial charge in [0, 0.05) is 11.7 Å². The maximum absolute atomic E-state index is 12.0. The number of amides is 1. The Morgan fingerprint density at radius 1 is 1.35 bits per heavy atom. The van der Waals surface area contributed by atoms with Crippen LogP contribution in [-0.4, -0.2) is 28.0 Å². The number of hydrogen-bond donors (Lipinski definition) is 3. The summed E-state index contributed by atoms with van der Waals surface area (Å²) < 4.78 is 0. The lowest BCUT2D eigenvalue weighted by Crippen LogP contribution is -2.39. The van der Waals surface area contributed by atoms with Crippen LogP contribution >= 0.6 is 0 Å². The molecule has 0 unspecified atom stereocenters. The van der Waals surface area contributed by atoms with Crippen LogP contribution in [0.4, 0.5) is 0 Å². The Morgan fingerprint density at radius 3 is 2.41 bits per heavy atom. The average molecular weight is 236 g/mol. The van der Waals surface area contributed by atoms with E-state index in [9.17, 15) is 9.59 Å². The minimum atomic E-state index is -1.03. The van der Waals surface area contributed by atoms with Crippen LogP contribution in [0.1, 0.15) is 51.4 Å². The maximum Gasteiger partial charge on any atom is 0.352 e. The van der Waals surface area contributed by atoms with Gasteiger partial charge < -0.3 is 15.4 Å². The van der Waals surface area contributed by atoms with Gasteiger partial charge in [-0.1, -0.05) is 0 Å². The summed E-state index contributed by atoms with van der Waals surface area (Å²) in [4.78, 5) is 25.7. The van der Waals surface area contributed by atoms with Crippen molar-refractivity contribution in [2.45, 2.75) is 39.2 Å². The minimum Gasteiger partial charge on any atom is -0.477 e. The normalized spacial score (nSPS) is 15.4. The van der Waals surface area contributed by atoms with E-state index in [1.165, 1.54) is 0 Å². The van der Waals surface area contributed by atoms with Crippen molar-refractivity contribution >= 4 is 11.9 Å². The van der Waals surface area contributed by atoms with Gasteiger partial charge in [-0.25, -0.2) is 4.79 Å². The molecule has 1 amide bonds. The molecule has 1 saturated carbocycles. The van der Waals surface area contributed by atoms with Crippen molar-refractivity contribution < 1.29 is 14.7 Å². The van der Waals surface area contributed by atoms with Gasteiger partial charge in [0.2, 0.25) is 0 Å². The molecule has 17 heavy (non-hydrogen) atoms. The molecule has 0 aliphatic heterocycles. The van der Waals surface area contributed by atoms with Gasteiger partial charge in [-0.3, -0.25) is 4.79 Å². The summed E-state index contributed by atoms with van der Waals surface area (Å²) in [5, 5.41) is 11.9. The molecule has 92 valence electrons. The maximum atomic E-state index is 12.0. The van der Waals surface area contributed by atoms with E-state index >= 15 is 0 Å². The van der Waals surface area contributed by atoms with Crippen LogP contribution in [0.15, 0.2) is 0 Å². The van der Waals surface area contributed by atoms with Gasteiger partial charge in [0.15, 0.2) is 0 Å². The van der Waals surface area contributed by atoms with Gasteiger partial charge in [0.1, 0.15) is 5.69 Å². The molecule has 3 N–H and O–H groups in total. The van der Waals surface area contributed by atoms with Gasteiger partial charge in [0.25, 0.3) is 5.91 Å². The zero-order valence-electron chi connectivity index (χ0n) is 9.96. The second-order valence-corrected chi connectivity index (χ2v) is 4.53. The van der Waals surface area contributed by atoms with E-state index in [0.717, 1.165) is 19.3 Å². The van der Waals surface area contributed by atoms with Crippen LogP contribution in [0, 0.1) is 13.8 Å². The zero-order chi connectivity index (χ0) is 12.6. The second-order valence-electron chi connectivity index (χ2n) is 4.53. The quantitative estimate of drug-likeness (QED) is 0.745. The third kappa shape index (κ3) is 2.05. The Bertz CT molecular complexity index is 472. The highest BCUT2D eigenvalue weighted by molar-refractivity contribution is 6.00. The van der Waals surface area contributed by atoms with Crippen molar-refractivity contribution in [2.24, 2.45) is 0 Å². The molecule has 2 rings (SSSR count). The zero-order valence-corrected chi connectivity index (χ0v) is 9.96. The van der Waals surface area contributed by atoms with Gasteiger partial charge in [-0.2, -0.15) is 0 Å². The van der Waals surface area contributed by atoms with Crippen LogP contribution < -0.4 is 5.32 Å². The number of aromatic nitrogens is 1. The predicted molar refractivity (Wildman–Crippen MR) is 62.3 cm³/mol. The minimum absolute atomic E-state index is 0.0984. The highest BCUT2D eigenvalue weighted by Gasteiger charge is 2.25. The van der Waals surface area contributed by atoms with Crippen molar-refractivity contribution in [1.29, 1.82) is 0 Å². The summed E-state index contributed by atoms with van der Waals surface area (Å²) in [5.41, 5.74) is 1.68. The number of rotatable bonds is 3. The van der Waals surface area contributed by atoms with Crippen LogP contribution in [0.3, 0.4) is 0 Å².